The van der Waals surface area contributed by atoms with E-state index in [0.29, 0.717) is 12.3 Å². The van der Waals surface area contributed by atoms with Crippen molar-refractivity contribution >= 4 is 23.6 Å². The van der Waals surface area contributed by atoms with E-state index >= 15 is 0 Å². The molecule has 0 spiro atoms. The van der Waals surface area contributed by atoms with Crippen LogP contribution in [0.25, 0.3) is 0 Å². The summed E-state index contributed by atoms with van der Waals surface area (Å²) in [4.78, 5) is 51.6. The van der Waals surface area contributed by atoms with Gasteiger partial charge in [-0.3, -0.25) is 19.2 Å². The third-order valence-electron chi connectivity index (χ3n) is 5.05. The maximum Gasteiger partial charge on any atom is 0.245 e. The Hall–Kier alpha value is -3.14. The van der Waals surface area contributed by atoms with E-state index in [4.69, 9.17) is 4.74 Å². The van der Waals surface area contributed by atoms with E-state index in [2.05, 4.69) is 10.6 Å². The Kier molecular flexibility index (Phi) is 8.38. The van der Waals surface area contributed by atoms with Crippen LogP contribution in [0, 0.1) is 0 Å². The van der Waals surface area contributed by atoms with Crippen LogP contribution in [-0.4, -0.2) is 84.0 Å². The van der Waals surface area contributed by atoms with E-state index in [0.717, 1.165) is 5.56 Å². The Labute approximate surface area is 181 Å². The molecule has 1 aromatic carbocycles. The number of nitrogens with zero attached hydrogens (tertiary/aromatic N) is 2. The Morgan fingerprint density at radius 2 is 2.03 bits per heavy atom. The fourth-order valence-corrected chi connectivity index (χ4v) is 3.47. The molecular weight excluding hydrogens is 404 g/mol. The van der Waals surface area contributed by atoms with Crippen LogP contribution in [0.3, 0.4) is 0 Å². The summed E-state index contributed by atoms with van der Waals surface area (Å²) in [5.74, 6) is -0.980. The van der Waals surface area contributed by atoms with E-state index < -0.39 is 30.0 Å². The molecule has 3 N–H and O–H groups in total. The molecular formula is C21H30N4O6. The average Bonchev–Trinajstić information content (AvgIpc) is 3.12. The van der Waals surface area contributed by atoms with Crippen LogP contribution in [0.4, 0.5) is 0 Å². The zero-order valence-corrected chi connectivity index (χ0v) is 18.3. The molecule has 1 saturated heterocycles. The summed E-state index contributed by atoms with van der Waals surface area (Å²) in [5.41, 5.74) is 0.879. The molecule has 2 rings (SSSR count). The van der Waals surface area contributed by atoms with Crippen LogP contribution in [0.2, 0.25) is 0 Å². The van der Waals surface area contributed by atoms with Crippen molar-refractivity contribution < 1.29 is 29.0 Å². The van der Waals surface area contributed by atoms with Gasteiger partial charge in [0, 0.05) is 33.5 Å². The van der Waals surface area contributed by atoms with Crippen molar-refractivity contribution in [2.75, 3.05) is 27.2 Å². The molecule has 1 fully saturated rings. The first-order valence-corrected chi connectivity index (χ1v) is 10.0. The Balaban J connectivity index is 1.92. The third kappa shape index (κ3) is 6.68. The molecule has 1 aromatic rings. The zero-order valence-electron chi connectivity index (χ0n) is 18.3. The summed E-state index contributed by atoms with van der Waals surface area (Å²) in [6, 6.07) is 5.59. The quantitative estimate of drug-likeness (QED) is 0.494. The third-order valence-corrected chi connectivity index (χ3v) is 5.05. The van der Waals surface area contributed by atoms with E-state index in [1.54, 1.807) is 20.2 Å². The highest BCUT2D eigenvalue weighted by Crippen LogP contribution is 2.19. The second-order valence-electron chi connectivity index (χ2n) is 7.64. The minimum atomic E-state index is -0.907. The minimum Gasteiger partial charge on any atom is -0.497 e. The first-order chi connectivity index (χ1) is 14.6. The molecule has 170 valence electrons. The highest BCUT2D eigenvalue weighted by molar-refractivity contribution is 5.93. The molecule has 0 saturated carbocycles. The van der Waals surface area contributed by atoms with Crippen LogP contribution in [0.5, 0.6) is 5.75 Å². The summed E-state index contributed by atoms with van der Waals surface area (Å²) in [5, 5.41) is 15.0. The molecule has 0 radical (unpaired) electrons. The maximum absolute atomic E-state index is 12.6. The number of likely N-dealkylation sites (N-methyl/N-ethyl adjacent to an activating group) is 1. The van der Waals surface area contributed by atoms with Crippen LogP contribution in [-0.2, 0) is 25.7 Å². The summed E-state index contributed by atoms with van der Waals surface area (Å²) in [6.45, 7) is 2.90. The fraction of sp³-hybridized carbons (Fsp3) is 0.524. The second kappa shape index (κ2) is 10.8. The standard InChI is InChI=1S/C21H30N4O6/c1-13(23-14(2)26)21(30)25-12-16(27)9-18(25)20(29)22-10-19(28)24(3)11-15-6-5-7-17(8-15)31-4/h5-8,13,16,18,27H,9-12H2,1-4H3,(H,22,29)(H,23,26)/t13?,16-,18+/m1/s1. The fourth-order valence-electron chi connectivity index (χ4n) is 3.47. The minimum absolute atomic E-state index is 0.00939. The average molecular weight is 434 g/mol. The van der Waals surface area contributed by atoms with Gasteiger partial charge in [0.05, 0.1) is 19.8 Å². The number of carbonyl (C=O) groups excluding carboxylic acids is 4. The number of benzene rings is 1. The molecule has 10 nitrogen and oxygen atoms in total. The molecule has 1 aliphatic rings. The predicted octanol–water partition coefficient (Wildman–Crippen LogP) is -0.744. The molecule has 0 aromatic heterocycles. The lowest BCUT2D eigenvalue weighted by Crippen LogP contribution is -2.53. The number of methoxy groups -OCH3 is 1. The number of aliphatic hydroxyl groups is 1. The van der Waals surface area contributed by atoms with Gasteiger partial charge in [-0.25, -0.2) is 0 Å². The van der Waals surface area contributed by atoms with Gasteiger partial charge >= 0.3 is 0 Å². The van der Waals surface area contributed by atoms with Crippen molar-refractivity contribution in [3.05, 3.63) is 29.8 Å². The van der Waals surface area contributed by atoms with Gasteiger partial charge in [0.2, 0.25) is 23.6 Å². The topological polar surface area (TPSA) is 128 Å². The van der Waals surface area contributed by atoms with Gasteiger partial charge in [-0.05, 0) is 24.6 Å². The molecule has 1 heterocycles. The number of ether oxygens (including phenoxy) is 1. The number of likely N-dealkylation sites (tertiary alicyclic amines) is 1. The van der Waals surface area contributed by atoms with Crippen molar-refractivity contribution in [2.24, 2.45) is 0 Å². The monoisotopic (exact) mass is 434 g/mol. The number of hydrogen-bond acceptors (Lipinski definition) is 6. The van der Waals surface area contributed by atoms with E-state index in [9.17, 15) is 24.3 Å². The molecule has 0 bridgehead atoms. The maximum atomic E-state index is 12.6. The van der Waals surface area contributed by atoms with E-state index in [1.807, 2.05) is 18.2 Å². The van der Waals surface area contributed by atoms with Gasteiger partial charge in [-0.15, -0.1) is 0 Å². The number of rotatable bonds is 8. The van der Waals surface area contributed by atoms with Crippen LogP contribution >= 0.6 is 0 Å². The largest absolute Gasteiger partial charge is 0.497 e. The number of aliphatic hydroxyl groups excluding tert-OH is 1. The number of amides is 4. The number of carbonyl (C=O) groups is 4. The van der Waals surface area contributed by atoms with Gasteiger partial charge in [-0.2, -0.15) is 0 Å². The van der Waals surface area contributed by atoms with Crippen molar-refractivity contribution in [2.45, 2.75) is 45.0 Å². The van der Waals surface area contributed by atoms with Gasteiger partial charge in [0.1, 0.15) is 17.8 Å². The van der Waals surface area contributed by atoms with Crippen molar-refractivity contribution in [1.82, 2.24) is 20.4 Å². The summed E-state index contributed by atoms with van der Waals surface area (Å²) in [7, 11) is 3.19. The highest BCUT2D eigenvalue weighted by Gasteiger charge is 2.40. The number of nitrogens with one attached hydrogen (secondary N) is 2. The van der Waals surface area contributed by atoms with Crippen molar-refractivity contribution in [3.63, 3.8) is 0 Å². The van der Waals surface area contributed by atoms with Gasteiger partial charge in [0.25, 0.3) is 0 Å². The molecule has 1 unspecified atom stereocenters. The van der Waals surface area contributed by atoms with E-state index in [1.165, 1.54) is 23.6 Å². The smallest absolute Gasteiger partial charge is 0.245 e. The first kappa shape index (κ1) is 24.1. The van der Waals surface area contributed by atoms with Crippen LogP contribution in [0.1, 0.15) is 25.8 Å². The van der Waals surface area contributed by atoms with Gasteiger partial charge in [0.15, 0.2) is 0 Å². The predicted molar refractivity (Wildman–Crippen MR) is 112 cm³/mol. The lowest BCUT2D eigenvalue weighted by molar-refractivity contribution is -0.141. The summed E-state index contributed by atoms with van der Waals surface area (Å²) in [6.07, 6.45) is -0.784. The van der Waals surface area contributed by atoms with Crippen LogP contribution < -0.4 is 15.4 Å². The van der Waals surface area contributed by atoms with E-state index in [-0.39, 0.29) is 31.3 Å². The Morgan fingerprint density at radius 1 is 1.32 bits per heavy atom. The molecule has 0 aliphatic carbocycles. The molecule has 31 heavy (non-hydrogen) atoms. The lowest BCUT2D eigenvalue weighted by atomic mass is 10.1. The summed E-state index contributed by atoms with van der Waals surface area (Å²) < 4.78 is 5.17. The SMILES string of the molecule is COc1cccc(CN(C)C(=O)CNC(=O)[C@@H]2C[C@@H](O)CN2C(=O)C(C)NC(C)=O)c1. The van der Waals surface area contributed by atoms with Crippen LogP contribution in [0.15, 0.2) is 24.3 Å². The highest BCUT2D eigenvalue weighted by atomic mass is 16.5. The number of β-amino-alcohol motifs (C(OH)–C–C–N with tert-alkyl or cyclic N) is 1. The summed E-state index contributed by atoms with van der Waals surface area (Å²) >= 11 is 0. The normalized spacial score (nSPS) is 18.8. The second-order valence-corrected chi connectivity index (χ2v) is 7.64. The van der Waals surface area contributed by atoms with Gasteiger partial charge < -0.3 is 30.3 Å². The molecule has 1 aliphatic heterocycles. The lowest BCUT2D eigenvalue weighted by Gasteiger charge is -2.27. The zero-order chi connectivity index (χ0) is 23.1. The Morgan fingerprint density at radius 3 is 2.68 bits per heavy atom. The van der Waals surface area contributed by atoms with Gasteiger partial charge in [-0.1, -0.05) is 12.1 Å². The first-order valence-electron chi connectivity index (χ1n) is 10.0. The van der Waals surface area contributed by atoms with Crippen molar-refractivity contribution in [1.29, 1.82) is 0 Å². The number of hydrogen-bond donors (Lipinski definition) is 3. The molecule has 3 atom stereocenters. The Bertz CT molecular complexity index is 830. The molecule has 10 heteroatoms. The van der Waals surface area contributed by atoms with Crippen molar-refractivity contribution in [3.8, 4) is 5.75 Å². The molecule has 4 amide bonds.